The molecule has 0 bridgehead atoms. The summed E-state index contributed by atoms with van der Waals surface area (Å²) in [6.45, 7) is 3.17. The molecular weight excluding hydrogens is 330 g/mol. The fourth-order valence-corrected chi connectivity index (χ4v) is 1.62. The molecule has 0 spiro atoms. The van der Waals surface area contributed by atoms with Crippen molar-refractivity contribution in [3.8, 4) is 5.75 Å². The quantitative estimate of drug-likeness (QED) is 0.572. The number of urea groups is 1. The molecule has 0 aliphatic rings. The van der Waals surface area contributed by atoms with E-state index in [9.17, 15) is 19.2 Å². The fourth-order valence-electron chi connectivity index (χ4n) is 1.62. The molecule has 136 valence electrons. The topological polar surface area (TPSA) is 137 Å². The van der Waals surface area contributed by atoms with E-state index in [1.165, 1.54) is 12.1 Å². The Morgan fingerprint density at radius 1 is 1.12 bits per heavy atom. The molecule has 4 amide bonds. The Kier molecular flexibility index (Phi) is 7.91. The number of esters is 1. The molecular formula is C16H21N3O6. The van der Waals surface area contributed by atoms with Crippen molar-refractivity contribution in [2.24, 2.45) is 11.7 Å². The van der Waals surface area contributed by atoms with Gasteiger partial charge in [0.15, 0.2) is 13.2 Å². The van der Waals surface area contributed by atoms with E-state index in [1.54, 1.807) is 12.1 Å². The van der Waals surface area contributed by atoms with E-state index in [-0.39, 0.29) is 17.2 Å². The Hall–Kier alpha value is -3.10. The van der Waals surface area contributed by atoms with Crippen LogP contribution in [0.5, 0.6) is 5.75 Å². The summed E-state index contributed by atoms with van der Waals surface area (Å²) in [5.41, 5.74) is 5.01. The molecule has 1 rings (SSSR count). The molecule has 0 unspecified atom stereocenters. The van der Waals surface area contributed by atoms with Crippen LogP contribution < -0.4 is 21.1 Å². The zero-order valence-electron chi connectivity index (χ0n) is 14.0. The van der Waals surface area contributed by atoms with Crippen LogP contribution in [0.2, 0.25) is 0 Å². The van der Waals surface area contributed by atoms with Crippen molar-refractivity contribution >= 4 is 23.8 Å². The summed E-state index contributed by atoms with van der Waals surface area (Å²) in [6.07, 6.45) is 0. The third-order valence-corrected chi connectivity index (χ3v) is 2.74. The van der Waals surface area contributed by atoms with Crippen LogP contribution in [0.1, 0.15) is 24.2 Å². The van der Waals surface area contributed by atoms with Gasteiger partial charge in [-0.3, -0.25) is 14.9 Å². The van der Waals surface area contributed by atoms with Crippen LogP contribution >= 0.6 is 0 Å². The number of benzene rings is 1. The first-order valence-corrected chi connectivity index (χ1v) is 7.54. The second kappa shape index (κ2) is 9.91. The van der Waals surface area contributed by atoms with Gasteiger partial charge in [0.05, 0.1) is 0 Å². The average molecular weight is 351 g/mol. The van der Waals surface area contributed by atoms with Crippen molar-refractivity contribution in [1.29, 1.82) is 0 Å². The van der Waals surface area contributed by atoms with E-state index >= 15 is 0 Å². The van der Waals surface area contributed by atoms with E-state index in [4.69, 9.17) is 15.2 Å². The minimum Gasteiger partial charge on any atom is -0.483 e. The lowest BCUT2D eigenvalue weighted by Crippen LogP contribution is -2.42. The Labute approximate surface area is 144 Å². The summed E-state index contributed by atoms with van der Waals surface area (Å²) in [4.78, 5) is 45.8. The molecule has 0 saturated heterocycles. The van der Waals surface area contributed by atoms with Crippen LogP contribution in [-0.2, 0) is 14.3 Å². The highest BCUT2D eigenvalue weighted by atomic mass is 16.5. The molecule has 0 heterocycles. The van der Waals surface area contributed by atoms with Crippen molar-refractivity contribution in [2.75, 3.05) is 19.8 Å². The van der Waals surface area contributed by atoms with Crippen LogP contribution in [0.25, 0.3) is 0 Å². The smallest absolute Gasteiger partial charge is 0.342 e. The number of ether oxygens (including phenoxy) is 2. The van der Waals surface area contributed by atoms with Crippen molar-refractivity contribution in [1.82, 2.24) is 10.6 Å². The van der Waals surface area contributed by atoms with E-state index in [0.717, 1.165) is 0 Å². The summed E-state index contributed by atoms with van der Waals surface area (Å²) in [7, 11) is 0. The number of rotatable bonds is 8. The van der Waals surface area contributed by atoms with Crippen LogP contribution in [0.4, 0.5) is 4.79 Å². The van der Waals surface area contributed by atoms with Crippen LogP contribution in [0, 0.1) is 5.92 Å². The number of para-hydroxylation sites is 1. The Balaban J connectivity index is 2.52. The van der Waals surface area contributed by atoms with Crippen LogP contribution in [0.15, 0.2) is 24.3 Å². The van der Waals surface area contributed by atoms with E-state index in [2.05, 4.69) is 5.32 Å². The lowest BCUT2D eigenvalue weighted by atomic mass is 10.2. The molecule has 0 aliphatic heterocycles. The van der Waals surface area contributed by atoms with E-state index in [1.807, 2.05) is 19.2 Å². The standard InChI is InChI=1S/C16H21N3O6/c1-10(2)7-18-16(23)19-14(21)9-25-15(22)11-5-3-4-6-12(11)24-8-13(17)20/h3-6,10H,7-9H2,1-2H3,(H2,17,20)(H2,18,19,21,23). The number of hydrogen-bond donors (Lipinski definition) is 3. The number of nitrogens with one attached hydrogen (secondary N) is 2. The van der Waals surface area contributed by atoms with Gasteiger partial charge in [-0.15, -0.1) is 0 Å². The first-order chi connectivity index (χ1) is 11.8. The SMILES string of the molecule is CC(C)CNC(=O)NC(=O)COC(=O)c1ccccc1OCC(N)=O. The van der Waals surface area contributed by atoms with Crippen molar-refractivity contribution in [3.63, 3.8) is 0 Å². The van der Waals surface area contributed by atoms with Gasteiger partial charge >= 0.3 is 12.0 Å². The van der Waals surface area contributed by atoms with Gasteiger partial charge in [0.1, 0.15) is 11.3 Å². The minimum atomic E-state index is -0.835. The molecule has 9 heteroatoms. The Morgan fingerprint density at radius 2 is 1.80 bits per heavy atom. The molecule has 1 aromatic rings. The van der Waals surface area contributed by atoms with Gasteiger partial charge in [0, 0.05) is 6.54 Å². The fraction of sp³-hybridized carbons (Fsp3) is 0.375. The first kappa shape index (κ1) is 19.9. The first-order valence-electron chi connectivity index (χ1n) is 7.54. The predicted molar refractivity (Wildman–Crippen MR) is 87.8 cm³/mol. The summed E-state index contributed by atoms with van der Waals surface area (Å²) < 4.78 is 9.94. The normalized spacial score (nSPS) is 10.0. The highest BCUT2D eigenvalue weighted by molar-refractivity contribution is 5.97. The van der Waals surface area contributed by atoms with E-state index < -0.39 is 37.0 Å². The number of nitrogens with two attached hydrogens (primary N) is 1. The maximum Gasteiger partial charge on any atom is 0.342 e. The summed E-state index contributed by atoms with van der Waals surface area (Å²) in [6, 6.07) is 5.36. The second-order valence-corrected chi connectivity index (χ2v) is 5.48. The molecule has 1 aromatic carbocycles. The Bertz CT molecular complexity index is 645. The molecule has 0 atom stereocenters. The highest BCUT2D eigenvalue weighted by Gasteiger charge is 2.16. The molecule has 0 aliphatic carbocycles. The maximum absolute atomic E-state index is 12.0. The third kappa shape index (κ3) is 7.82. The molecule has 25 heavy (non-hydrogen) atoms. The van der Waals surface area contributed by atoms with Crippen LogP contribution in [-0.4, -0.2) is 43.6 Å². The van der Waals surface area contributed by atoms with Crippen molar-refractivity contribution in [3.05, 3.63) is 29.8 Å². The molecule has 0 fully saturated rings. The number of imide groups is 1. The number of carbonyl (C=O) groups excluding carboxylic acids is 4. The van der Waals surface area contributed by atoms with Gasteiger partial charge in [0.25, 0.3) is 11.8 Å². The van der Waals surface area contributed by atoms with Gasteiger partial charge in [-0.25, -0.2) is 9.59 Å². The number of amides is 4. The number of carbonyl (C=O) groups is 4. The number of primary amides is 1. The zero-order chi connectivity index (χ0) is 18.8. The minimum absolute atomic E-state index is 0.0285. The van der Waals surface area contributed by atoms with Gasteiger partial charge in [-0.2, -0.15) is 0 Å². The third-order valence-electron chi connectivity index (χ3n) is 2.74. The molecule has 0 radical (unpaired) electrons. The zero-order valence-corrected chi connectivity index (χ0v) is 14.0. The van der Waals surface area contributed by atoms with Crippen molar-refractivity contribution in [2.45, 2.75) is 13.8 Å². The monoisotopic (exact) mass is 351 g/mol. The van der Waals surface area contributed by atoms with Gasteiger partial charge in [-0.1, -0.05) is 26.0 Å². The molecule has 0 saturated carbocycles. The summed E-state index contributed by atoms with van der Waals surface area (Å²) >= 11 is 0. The molecule has 9 nitrogen and oxygen atoms in total. The summed E-state index contributed by atoms with van der Waals surface area (Å²) in [5.74, 6) is -1.98. The van der Waals surface area contributed by atoms with E-state index in [0.29, 0.717) is 6.54 Å². The lowest BCUT2D eigenvalue weighted by Gasteiger charge is -2.11. The average Bonchev–Trinajstić information content (AvgIpc) is 2.56. The largest absolute Gasteiger partial charge is 0.483 e. The van der Waals surface area contributed by atoms with Crippen molar-refractivity contribution < 1.29 is 28.7 Å². The van der Waals surface area contributed by atoms with Gasteiger partial charge < -0.3 is 20.5 Å². The predicted octanol–water partition coefficient (Wildman–Crippen LogP) is 0.189. The van der Waals surface area contributed by atoms with Crippen LogP contribution in [0.3, 0.4) is 0 Å². The maximum atomic E-state index is 12.0. The molecule has 4 N–H and O–H groups in total. The lowest BCUT2D eigenvalue weighted by molar-refractivity contribution is -0.123. The van der Waals surface area contributed by atoms with Gasteiger partial charge in [-0.05, 0) is 18.1 Å². The Morgan fingerprint density at radius 3 is 2.44 bits per heavy atom. The number of hydrogen-bond acceptors (Lipinski definition) is 6. The molecule has 0 aromatic heterocycles. The highest BCUT2D eigenvalue weighted by Crippen LogP contribution is 2.18. The second-order valence-electron chi connectivity index (χ2n) is 5.48. The summed E-state index contributed by atoms with van der Waals surface area (Å²) in [5, 5.41) is 4.53. The van der Waals surface area contributed by atoms with Gasteiger partial charge in [0.2, 0.25) is 0 Å².